The molecule has 16 heavy (non-hydrogen) atoms. The van der Waals surface area contributed by atoms with Gasteiger partial charge in [0.2, 0.25) is 0 Å². The van der Waals surface area contributed by atoms with Crippen LogP contribution >= 0.6 is 11.8 Å². The number of allylic oxidation sites excluding steroid dienone is 2. The van der Waals surface area contributed by atoms with Gasteiger partial charge in [0.1, 0.15) is 0 Å². The summed E-state index contributed by atoms with van der Waals surface area (Å²) in [6.07, 6.45) is 7.90. The summed E-state index contributed by atoms with van der Waals surface area (Å²) in [7, 11) is 0. The van der Waals surface area contributed by atoms with Crippen LogP contribution in [-0.2, 0) is 0 Å². The molecule has 2 unspecified atom stereocenters. The Morgan fingerprint density at radius 3 is 2.81 bits per heavy atom. The molecule has 2 atom stereocenters. The van der Waals surface area contributed by atoms with E-state index in [1.54, 1.807) is 5.57 Å². The second kappa shape index (κ2) is 6.11. The molecular weight excluding hydrogens is 214 g/mol. The summed E-state index contributed by atoms with van der Waals surface area (Å²) in [5, 5.41) is 3.79. The lowest BCUT2D eigenvalue weighted by Gasteiger charge is -2.29. The van der Waals surface area contributed by atoms with E-state index in [-0.39, 0.29) is 0 Å². The third kappa shape index (κ3) is 3.81. The molecule has 1 heterocycles. The fourth-order valence-corrected chi connectivity index (χ4v) is 4.18. The third-order valence-corrected chi connectivity index (χ3v) is 4.85. The molecule has 2 heteroatoms. The van der Waals surface area contributed by atoms with Crippen LogP contribution in [0.1, 0.15) is 39.5 Å². The van der Waals surface area contributed by atoms with Gasteiger partial charge < -0.3 is 5.32 Å². The van der Waals surface area contributed by atoms with E-state index in [9.17, 15) is 0 Å². The first-order valence-corrected chi connectivity index (χ1v) is 7.88. The zero-order chi connectivity index (χ0) is 11.4. The largest absolute Gasteiger partial charge is 0.314 e. The second-order valence-corrected chi connectivity index (χ2v) is 6.82. The highest BCUT2D eigenvalue weighted by atomic mass is 32.2. The molecule has 0 amide bonds. The van der Waals surface area contributed by atoms with E-state index < -0.39 is 0 Å². The molecule has 0 aromatic heterocycles. The van der Waals surface area contributed by atoms with Crippen molar-refractivity contribution in [2.45, 2.75) is 45.6 Å². The van der Waals surface area contributed by atoms with Crippen molar-refractivity contribution in [1.82, 2.24) is 5.32 Å². The summed E-state index contributed by atoms with van der Waals surface area (Å²) in [6, 6.07) is 0.808. The van der Waals surface area contributed by atoms with Crippen LogP contribution in [0.3, 0.4) is 0 Å². The summed E-state index contributed by atoms with van der Waals surface area (Å²) in [5.41, 5.74) is 1.60. The van der Waals surface area contributed by atoms with E-state index in [4.69, 9.17) is 0 Å². The third-order valence-electron chi connectivity index (χ3n) is 3.80. The standard InChI is InChI=1S/C14H25NS/c1-11-7-12(2)9-13(8-11)10-15-14-3-5-16-6-4-14/h7,11,13-15H,3-6,8-10H2,1-2H3. The number of rotatable bonds is 3. The van der Waals surface area contributed by atoms with Gasteiger partial charge in [-0.3, -0.25) is 0 Å². The minimum absolute atomic E-state index is 0.794. The summed E-state index contributed by atoms with van der Waals surface area (Å²) in [6.45, 7) is 5.89. The second-order valence-electron chi connectivity index (χ2n) is 5.59. The van der Waals surface area contributed by atoms with E-state index in [0.29, 0.717) is 0 Å². The van der Waals surface area contributed by atoms with Crippen molar-refractivity contribution in [2.24, 2.45) is 11.8 Å². The van der Waals surface area contributed by atoms with Gasteiger partial charge in [-0.1, -0.05) is 18.6 Å². The molecule has 0 aromatic rings. The lowest BCUT2D eigenvalue weighted by atomic mass is 9.83. The Balaban J connectivity index is 1.71. The van der Waals surface area contributed by atoms with E-state index >= 15 is 0 Å². The van der Waals surface area contributed by atoms with E-state index in [1.807, 2.05) is 0 Å². The number of nitrogens with one attached hydrogen (secondary N) is 1. The van der Waals surface area contributed by atoms with Crippen molar-refractivity contribution in [1.29, 1.82) is 0 Å². The van der Waals surface area contributed by atoms with Gasteiger partial charge in [-0.05, 0) is 62.5 Å². The van der Waals surface area contributed by atoms with Gasteiger partial charge in [-0.25, -0.2) is 0 Å². The summed E-state index contributed by atoms with van der Waals surface area (Å²) in [4.78, 5) is 0. The number of hydrogen-bond acceptors (Lipinski definition) is 2. The van der Waals surface area contributed by atoms with Crippen LogP contribution in [0, 0.1) is 11.8 Å². The van der Waals surface area contributed by atoms with Crippen LogP contribution in [0.5, 0.6) is 0 Å². The smallest absolute Gasteiger partial charge is 0.00828 e. The van der Waals surface area contributed by atoms with Gasteiger partial charge in [-0.15, -0.1) is 0 Å². The highest BCUT2D eigenvalue weighted by Gasteiger charge is 2.20. The van der Waals surface area contributed by atoms with Gasteiger partial charge in [0.05, 0.1) is 0 Å². The quantitative estimate of drug-likeness (QED) is 0.757. The lowest BCUT2D eigenvalue weighted by molar-refractivity contribution is 0.352. The van der Waals surface area contributed by atoms with Crippen molar-refractivity contribution < 1.29 is 0 Å². The molecule has 1 N–H and O–H groups in total. The highest BCUT2D eigenvalue weighted by molar-refractivity contribution is 7.99. The molecule has 1 fully saturated rings. The van der Waals surface area contributed by atoms with Crippen molar-refractivity contribution >= 4 is 11.8 Å². The monoisotopic (exact) mass is 239 g/mol. The molecule has 92 valence electrons. The summed E-state index contributed by atoms with van der Waals surface area (Å²) in [5.74, 6) is 4.40. The first-order valence-electron chi connectivity index (χ1n) is 6.72. The van der Waals surface area contributed by atoms with Gasteiger partial charge in [0.25, 0.3) is 0 Å². The van der Waals surface area contributed by atoms with Crippen LogP contribution < -0.4 is 5.32 Å². The van der Waals surface area contributed by atoms with Crippen LogP contribution in [-0.4, -0.2) is 24.1 Å². The van der Waals surface area contributed by atoms with Crippen molar-refractivity contribution in [3.8, 4) is 0 Å². The Morgan fingerprint density at radius 1 is 1.38 bits per heavy atom. The fraction of sp³-hybridized carbons (Fsp3) is 0.857. The van der Waals surface area contributed by atoms with Gasteiger partial charge in [0, 0.05) is 6.04 Å². The first-order chi connectivity index (χ1) is 7.74. The maximum Gasteiger partial charge on any atom is 0.00828 e. The molecule has 1 aliphatic carbocycles. The topological polar surface area (TPSA) is 12.0 Å². The van der Waals surface area contributed by atoms with Crippen LogP contribution in [0.15, 0.2) is 11.6 Å². The minimum atomic E-state index is 0.794. The average Bonchev–Trinajstić information content (AvgIpc) is 2.27. The lowest BCUT2D eigenvalue weighted by Crippen LogP contribution is -2.37. The Hall–Kier alpha value is 0.0500. The molecule has 0 saturated carbocycles. The molecule has 2 rings (SSSR count). The van der Waals surface area contributed by atoms with Crippen LogP contribution in [0.4, 0.5) is 0 Å². The molecule has 0 spiro atoms. The minimum Gasteiger partial charge on any atom is -0.314 e. The van der Waals surface area contributed by atoms with Crippen LogP contribution in [0.2, 0.25) is 0 Å². The van der Waals surface area contributed by atoms with Crippen molar-refractivity contribution in [2.75, 3.05) is 18.1 Å². The van der Waals surface area contributed by atoms with Gasteiger partial charge >= 0.3 is 0 Å². The van der Waals surface area contributed by atoms with Crippen molar-refractivity contribution in [3.05, 3.63) is 11.6 Å². The Kier molecular flexibility index (Phi) is 4.78. The van der Waals surface area contributed by atoms with Gasteiger partial charge in [0.15, 0.2) is 0 Å². The molecule has 0 bridgehead atoms. The molecule has 1 saturated heterocycles. The number of thioether (sulfide) groups is 1. The normalized spacial score (nSPS) is 32.5. The first kappa shape index (κ1) is 12.5. The molecule has 0 radical (unpaired) electrons. The average molecular weight is 239 g/mol. The maximum absolute atomic E-state index is 3.79. The zero-order valence-electron chi connectivity index (χ0n) is 10.7. The molecule has 1 nitrogen and oxygen atoms in total. The van der Waals surface area contributed by atoms with E-state index in [1.165, 1.54) is 43.7 Å². The zero-order valence-corrected chi connectivity index (χ0v) is 11.5. The molecule has 2 aliphatic rings. The fourth-order valence-electron chi connectivity index (χ4n) is 3.08. The molecule has 1 aliphatic heterocycles. The molecule has 0 aromatic carbocycles. The predicted molar refractivity (Wildman–Crippen MR) is 74.0 cm³/mol. The molecular formula is C14H25NS. The number of hydrogen-bond donors (Lipinski definition) is 1. The summed E-state index contributed by atoms with van der Waals surface area (Å²) < 4.78 is 0. The maximum atomic E-state index is 3.79. The van der Waals surface area contributed by atoms with E-state index in [2.05, 4.69) is 37.0 Å². The highest BCUT2D eigenvalue weighted by Crippen LogP contribution is 2.27. The Labute approximate surface area is 104 Å². The van der Waals surface area contributed by atoms with Crippen molar-refractivity contribution in [3.63, 3.8) is 0 Å². The van der Waals surface area contributed by atoms with Crippen LogP contribution in [0.25, 0.3) is 0 Å². The SMILES string of the molecule is CC1=CC(C)CC(CNC2CCSCC2)C1. The summed E-state index contributed by atoms with van der Waals surface area (Å²) >= 11 is 2.11. The predicted octanol–water partition coefficient (Wildman–Crippen LogP) is 3.46. The van der Waals surface area contributed by atoms with Gasteiger partial charge in [-0.2, -0.15) is 11.8 Å². The Morgan fingerprint density at radius 2 is 2.12 bits per heavy atom. The van der Waals surface area contributed by atoms with E-state index in [0.717, 1.165) is 17.9 Å². The Bertz CT molecular complexity index is 243.